The maximum atomic E-state index is 14.1. The third kappa shape index (κ3) is 2.60. The fourth-order valence-corrected chi connectivity index (χ4v) is 3.28. The maximum Gasteiger partial charge on any atom is 0.170 e. The first-order chi connectivity index (χ1) is 12.9. The second-order valence-corrected chi connectivity index (χ2v) is 6.42. The van der Waals surface area contributed by atoms with Crippen LogP contribution in [0.25, 0.3) is 33.6 Å². The van der Waals surface area contributed by atoms with Gasteiger partial charge in [0.2, 0.25) is 0 Å². The number of hydrogen-bond donors (Lipinski definition) is 2. The summed E-state index contributed by atoms with van der Waals surface area (Å²) in [5.41, 5.74) is 1.98. The second-order valence-electron chi connectivity index (χ2n) is 6.01. The Morgan fingerprint density at radius 1 is 1.15 bits per heavy atom. The number of hydrogen-bond acceptors (Lipinski definition) is 5. The predicted molar refractivity (Wildman–Crippen MR) is 97.1 cm³/mol. The van der Waals surface area contributed by atoms with Crippen LogP contribution in [0.2, 0.25) is 5.02 Å². The van der Waals surface area contributed by atoms with Crippen molar-refractivity contribution >= 4 is 22.6 Å². The van der Waals surface area contributed by atoms with Crippen molar-refractivity contribution in [3.8, 4) is 40.2 Å². The van der Waals surface area contributed by atoms with E-state index in [2.05, 4.69) is 0 Å². The first kappa shape index (κ1) is 17.0. The zero-order chi connectivity index (χ0) is 19.3. The van der Waals surface area contributed by atoms with Gasteiger partial charge in [-0.3, -0.25) is 0 Å². The average molecular weight is 384 g/mol. The van der Waals surface area contributed by atoms with Crippen molar-refractivity contribution in [2.45, 2.75) is 6.92 Å². The molecule has 0 spiro atoms. The molecule has 2 aromatic heterocycles. The van der Waals surface area contributed by atoms with E-state index < -0.39 is 11.6 Å². The summed E-state index contributed by atoms with van der Waals surface area (Å²) in [5, 5.41) is 29.3. The molecular formula is C20H11ClFNO4. The average Bonchev–Trinajstić information content (AvgIpc) is 3.22. The van der Waals surface area contributed by atoms with Crippen molar-refractivity contribution < 1.29 is 23.4 Å². The van der Waals surface area contributed by atoms with Crippen LogP contribution in [0.5, 0.6) is 11.5 Å². The predicted octanol–water partition coefficient (Wildman–Crippen LogP) is 5.74. The zero-order valence-electron chi connectivity index (χ0n) is 13.9. The fraction of sp³-hybridized carbons (Fsp3) is 0.0500. The fourth-order valence-electron chi connectivity index (χ4n) is 3.07. The number of furan rings is 2. The van der Waals surface area contributed by atoms with Gasteiger partial charge in [0.15, 0.2) is 17.3 Å². The number of rotatable bonds is 2. The lowest BCUT2D eigenvalue weighted by molar-refractivity contribution is 0.433. The molecule has 0 aliphatic heterocycles. The Hall–Kier alpha value is -3.43. The second kappa shape index (κ2) is 6.08. The molecule has 27 heavy (non-hydrogen) atoms. The first-order valence-corrected chi connectivity index (χ1v) is 8.21. The summed E-state index contributed by atoms with van der Waals surface area (Å²) in [6.45, 7) is 1.75. The quantitative estimate of drug-likeness (QED) is 0.460. The summed E-state index contributed by atoms with van der Waals surface area (Å²) in [4.78, 5) is 0. The molecule has 2 N–H and O–H groups in total. The molecule has 5 nitrogen and oxygen atoms in total. The lowest BCUT2D eigenvalue weighted by Gasteiger charge is -2.05. The Kier molecular flexibility index (Phi) is 3.83. The minimum atomic E-state index is -0.913. The van der Waals surface area contributed by atoms with E-state index in [1.807, 2.05) is 6.07 Å². The van der Waals surface area contributed by atoms with Crippen LogP contribution >= 0.6 is 11.6 Å². The highest BCUT2D eigenvalue weighted by Gasteiger charge is 2.25. The Bertz CT molecular complexity index is 1230. The van der Waals surface area contributed by atoms with Gasteiger partial charge in [0.05, 0.1) is 22.4 Å². The minimum Gasteiger partial charge on any atom is -0.508 e. The lowest BCUT2D eigenvalue weighted by atomic mass is 10.00. The third-order valence-electron chi connectivity index (χ3n) is 4.25. The number of phenols is 2. The van der Waals surface area contributed by atoms with Gasteiger partial charge in [-0.1, -0.05) is 11.6 Å². The van der Waals surface area contributed by atoms with E-state index in [0.29, 0.717) is 22.1 Å². The van der Waals surface area contributed by atoms with Crippen LogP contribution in [0.3, 0.4) is 0 Å². The molecule has 0 aliphatic rings. The number of nitrogens with zero attached hydrogens (tertiary/aromatic N) is 1. The number of nitriles is 1. The van der Waals surface area contributed by atoms with Crippen LogP contribution in [-0.2, 0) is 0 Å². The molecule has 4 rings (SSSR count). The molecule has 134 valence electrons. The van der Waals surface area contributed by atoms with Crippen LogP contribution in [0, 0.1) is 24.1 Å². The van der Waals surface area contributed by atoms with Gasteiger partial charge in [0.1, 0.15) is 23.2 Å². The molecule has 0 unspecified atom stereocenters. The van der Waals surface area contributed by atoms with Crippen molar-refractivity contribution in [2.24, 2.45) is 0 Å². The van der Waals surface area contributed by atoms with E-state index in [-0.39, 0.29) is 33.4 Å². The van der Waals surface area contributed by atoms with Gasteiger partial charge in [0.25, 0.3) is 0 Å². The Labute approximate surface area is 157 Å². The van der Waals surface area contributed by atoms with Crippen LogP contribution in [0.1, 0.15) is 11.1 Å². The van der Waals surface area contributed by atoms with E-state index in [0.717, 1.165) is 6.07 Å². The summed E-state index contributed by atoms with van der Waals surface area (Å²) < 4.78 is 25.5. The molecule has 0 bridgehead atoms. The highest BCUT2D eigenvalue weighted by molar-refractivity contribution is 6.32. The van der Waals surface area contributed by atoms with Crippen molar-refractivity contribution in [3.63, 3.8) is 0 Å². The van der Waals surface area contributed by atoms with E-state index >= 15 is 0 Å². The van der Waals surface area contributed by atoms with Gasteiger partial charge >= 0.3 is 0 Å². The van der Waals surface area contributed by atoms with Gasteiger partial charge in [-0.15, -0.1) is 0 Å². The molecule has 0 saturated carbocycles. The summed E-state index contributed by atoms with van der Waals surface area (Å²) >= 11 is 5.91. The Morgan fingerprint density at radius 3 is 2.63 bits per heavy atom. The van der Waals surface area contributed by atoms with Gasteiger partial charge < -0.3 is 19.0 Å². The summed E-state index contributed by atoms with van der Waals surface area (Å²) in [7, 11) is 0. The van der Waals surface area contributed by atoms with Crippen molar-refractivity contribution in [1.29, 1.82) is 5.26 Å². The monoisotopic (exact) mass is 383 g/mol. The van der Waals surface area contributed by atoms with Crippen molar-refractivity contribution in [3.05, 3.63) is 58.6 Å². The van der Waals surface area contributed by atoms with Crippen LogP contribution in [0.4, 0.5) is 4.39 Å². The number of fused-ring (bicyclic) bond motifs is 1. The molecule has 0 fully saturated rings. The summed E-state index contributed by atoms with van der Waals surface area (Å²) in [6.07, 6.45) is 1.36. The van der Waals surface area contributed by atoms with Crippen LogP contribution in [0.15, 0.2) is 45.4 Å². The topological polar surface area (TPSA) is 90.5 Å². The highest BCUT2D eigenvalue weighted by Crippen LogP contribution is 2.45. The van der Waals surface area contributed by atoms with Gasteiger partial charge in [0, 0.05) is 10.9 Å². The van der Waals surface area contributed by atoms with Gasteiger partial charge in [-0.25, -0.2) is 4.39 Å². The molecule has 0 atom stereocenters. The molecule has 0 amide bonds. The first-order valence-electron chi connectivity index (χ1n) is 7.83. The van der Waals surface area contributed by atoms with Gasteiger partial charge in [-0.2, -0.15) is 5.26 Å². The summed E-state index contributed by atoms with van der Waals surface area (Å²) in [5.74, 6) is -1.15. The number of aromatic hydroxyl groups is 2. The zero-order valence-corrected chi connectivity index (χ0v) is 14.6. The normalized spacial score (nSPS) is 11.0. The van der Waals surface area contributed by atoms with Crippen LogP contribution in [-0.4, -0.2) is 10.2 Å². The van der Waals surface area contributed by atoms with E-state index in [1.54, 1.807) is 6.92 Å². The molecule has 0 saturated heterocycles. The van der Waals surface area contributed by atoms with E-state index in [9.17, 15) is 19.9 Å². The number of phenolic OH excluding ortho intramolecular Hbond substituents is 2. The largest absolute Gasteiger partial charge is 0.508 e. The molecule has 2 heterocycles. The molecular weight excluding hydrogens is 373 g/mol. The minimum absolute atomic E-state index is 0.00795. The number of aryl methyl sites for hydroxylation is 1. The Morgan fingerprint density at radius 2 is 1.93 bits per heavy atom. The van der Waals surface area contributed by atoms with Crippen molar-refractivity contribution in [1.82, 2.24) is 0 Å². The third-order valence-corrected chi connectivity index (χ3v) is 4.54. The SMILES string of the molecule is Cc1cc(O)cc2c(-c3occc3C#N)c(-c3cc(F)c(O)c(Cl)c3)oc12. The Balaban J connectivity index is 2.14. The summed E-state index contributed by atoms with van der Waals surface area (Å²) in [6, 6.07) is 8.96. The van der Waals surface area contributed by atoms with E-state index in [4.69, 9.17) is 20.4 Å². The molecule has 2 aromatic carbocycles. The standard InChI is InChI=1S/C20H11ClFNO4/c1-9-4-12(24)7-13-16(19-10(8-23)2-3-26-19)20(27-18(9)13)11-5-14(21)17(25)15(22)6-11/h2-7,24-25H,1H3. The molecule has 0 aliphatic carbocycles. The van der Waals surface area contributed by atoms with E-state index in [1.165, 1.54) is 30.5 Å². The van der Waals surface area contributed by atoms with Crippen LogP contribution < -0.4 is 0 Å². The highest BCUT2D eigenvalue weighted by atomic mass is 35.5. The molecule has 7 heteroatoms. The van der Waals surface area contributed by atoms with Gasteiger partial charge in [-0.05, 0) is 42.8 Å². The van der Waals surface area contributed by atoms with Crippen molar-refractivity contribution in [2.75, 3.05) is 0 Å². The maximum absolute atomic E-state index is 14.1. The smallest absolute Gasteiger partial charge is 0.170 e. The molecule has 4 aromatic rings. The number of benzene rings is 2. The number of halogens is 2. The molecule has 0 radical (unpaired) electrons. The lowest BCUT2D eigenvalue weighted by Crippen LogP contribution is -1.85.